The number of nitrogens with zero attached hydrogens (tertiary/aromatic N) is 1. The number of aliphatic imine (C=N–C) groups is 1. The molecule has 1 aromatic carbocycles. The van der Waals surface area contributed by atoms with Crippen molar-refractivity contribution < 1.29 is 0 Å². The minimum Gasteiger partial charge on any atom is -0.293 e. The largest absolute Gasteiger partial charge is 0.293 e. The molecule has 0 unspecified atom stereocenters. The average Bonchev–Trinajstić information content (AvgIpc) is 2.25. The van der Waals surface area contributed by atoms with Gasteiger partial charge in [-0.1, -0.05) is 47.1 Å². The summed E-state index contributed by atoms with van der Waals surface area (Å²) in [6.07, 6.45) is 4.15. The lowest BCUT2D eigenvalue weighted by Crippen LogP contribution is -1.86. The van der Waals surface area contributed by atoms with Crippen LogP contribution >= 0.6 is 15.9 Å². The Balaban J connectivity index is 2.47. The van der Waals surface area contributed by atoms with E-state index in [1.165, 1.54) is 11.1 Å². The molecule has 0 aliphatic carbocycles. The van der Waals surface area contributed by atoms with E-state index in [0.29, 0.717) is 0 Å². The molecule has 1 nitrogen and oxygen atoms in total. The van der Waals surface area contributed by atoms with Crippen LogP contribution in [0.5, 0.6) is 0 Å². The van der Waals surface area contributed by atoms with Crippen LogP contribution in [0.3, 0.4) is 0 Å². The minimum absolute atomic E-state index is 0.904. The van der Waals surface area contributed by atoms with Gasteiger partial charge in [0.25, 0.3) is 0 Å². The normalized spacial score (nSPS) is 11.0. The third-order valence-electron chi connectivity index (χ3n) is 2.05. The number of halogens is 1. The maximum atomic E-state index is 4.33. The van der Waals surface area contributed by atoms with Crippen LogP contribution in [0.25, 0.3) is 0 Å². The van der Waals surface area contributed by atoms with Gasteiger partial charge in [0.05, 0.1) is 0 Å². The molecule has 76 valence electrons. The van der Waals surface area contributed by atoms with Crippen molar-refractivity contribution in [3.05, 3.63) is 35.4 Å². The number of alkyl halides is 1. The predicted octanol–water partition coefficient (Wildman–Crippen LogP) is 3.45. The predicted molar refractivity (Wildman–Crippen MR) is 66.7 cm³/mol. The topological polar surface area (TPSA) is 12.4 Å². The molecule has 0 atom stereocenters. The zero-order valence-corrected chi connectivity index (χ0v) is 10.1. The Morgan fingerprint density at radius 1 is 1.29 bits per heavy atom. The Hall–Kier alpha value is -0.630. The molecule has 0 aliphatic heterocycles. The molecule has 0 spiro atoms. The number of aryl methyl sites for hydroxylation is 1. The first-order valence-electron chi connectivity index (χ1n) is 5.01. The lowest BCUT2D eigenvalue weighted by Gasteiger charge is -1.96. The first kappa shape index (κ1) is 11.4. The molecule has 0 saturated carbocycles. The van der Waals surface area contributed by atoms with E-state index in [1.807, 2.05) is 6.21 Å². The van der Waals surface area contributed by atoms with Gasteiger partial charge in [0.1, 0.15) is 0 Å². The summed E-state index contributed by atoms with van der Waals surface area (Å²) in [5, 5.41) is 1.03. The van der Waals surface area contributed by atoms with Crippen LogP contribution in [0.4, 0.5) is 0 Å². The van der Waals surface area contributed by atoms with E-state index >= 15 is 0 Å². The summed E-state index contributed by atoms with van der Waals surface area (Å²) in [6.45, 7) is 3.07. The highest BCUT2D eigenvalue weighted by Crippen LogP contribution is 2.02. The third kappa shape index (κ3) is 4.05. The van der Waals surface area contributed by atoms with Crippen LogP contribution in [0.1, 0.15) is 24.5 Å². The van der Waals surface area contributed by atoms with Crippen molar-refractivity contribution >= 4 is 22.1 Å². The van der Waals surface area contributed by atoms with Crippen molar-refractivity contribution in [2.45, 2.75) is 19.8 Å². The third-order valence-corrected chi connectivity index (χ3v) is 2.61. The van der Waals surface area contributed by atoms with Crippen LogP contribution < -0.4 is 0 Å². The highest BCUT2D eigenvalue weighted by atomic mass is 79.9. The van der Waals surface area contributed by atoms with E-state index in [9.17, 15) is 0 Å². The van der Waals surface area contributed by atoms with Crippen LogP contribution in [-0.2, 0) is 6.42 Å². The smallest absolute Gasteiger partial charge is 0.0397 e. The molecule has 0 saturated heterocycles. The highest BCUT2D eigenvalue weighted by molar-refractivity contribution is 9.09. The second kappa shape index (κ2) is 6.77. The Labute approximate surface area is 94.4 Å². The molecule has 0 aromatic heterocycles. The Bertz CT molecular complexity index is 277. The molecule has 1 rings (SSSR count). The van der Waals surface area contributed by atoms with E-state index in [1.54, 1.807) is 0 Å². The van der Waals surface area contributed by atoms with Crippen LogP contribution in [0, 0.1) is 0 Å². The van der Waals surface area contributed by atoms with Crippen LogP contribution in [0.15, 0.2) is 29.3 Å². The molecule has 0 fully saturated rings. The van der Waals surface area contributed by atoms with Gasteiger partial charge in [0, 0.05) is 18.1 Å². The first-order chi connectivity index (χ1) is 6.86. The quantitative estimate of drug-likeness (QED) is 0.433. The van der Waals surface area contributed by atoms with Crippen molar-refractivity contribution in [1.82, 2.24) is 0 Å². The van der Waals surface area contributed by atoms with E-state index in [0.717, 1.165) is 24.7 Å². The molecule has 2 heteroatoms. The van der Waals surface area contributed by atoms with E-state index in [-0.39, 0.29) is 0 Å². The molecule has 0 amide bonds. The van der Waals surface area contributed by atoms with Gasteiger partial charge in [0.15, 0.2) is 0 Å². The highest BCUT2D eigenvalue weighted by Gasteiger charge is 1.89. The average molecular weight is 254 g/mol. The first-order valence-corrected chi connectivity index (χ1v) is 6.13. The monoisotopic (exact) mass is 253 g/mol. The zero-order valence-electron chi connectivity index (χ0n) is 8.54. The summed E-state index contributed by atoms with van der Waals surface area (Å²) < 4.78 is 0. The number of hydrogen-bond donors (Lipinski definition) is 0. The van der Waals surface area contributed by atoms with Crippen molar-refractivity contribution in [3.63, 3.8) is 0 Å². The summed E-state index contributed by atoms with van der Waals surface area (Å²) in [4.78, 5) is 4.33. The molecule has 1 aromatic rings. The number of rotatable bonds is 5. The van der Waals surface area contributed by atoms with E-state index < -0.39 is 0 Å². The summed E-state index contributed by atoms with van der Waals surface area (Å²) in [5.74, 6) is 0. The van der Waals surface area contributed by atoms with Gasteiger partial charge in [-0.3, -0.25) is 4.99 Å². The van der Waals surface area contributed by atoms with Crippen LogP contribution in [-0.4, -0.2) is 18.1 Å². The molecule has 0 aliphatic rings. The summed E-state index contributed by atoms with van der Waals surface area (Å²) in [5.41, 5.74) is 2.57. The fourth-order valence-corrected chi connectivity index (χ4v) is 1.41. The fourth-order valence-electron chi connectivity index (χ4n) is 1.16. The number of benzene rings is 1. The minimum atomic E-state index is 0.904. The maximum absolute atomic E-state index is 4.33. The maximum Gasteiger partial charge on any atom is 0.0397 e. The molecule has 0 radical (unpaired) electrons. The van der Waals surface area contributed by atoms with Gasteiger partial charge in [-0.2, -0.15) is 0 Å². The lowest BCUT2D eigenvalue weighted by molar-refractivity contribution is 0.954. The number of hydrogen-bond acceptors (Lipinski definition) is 1. The Kier molecular flexibility index (Phi) is 5.53. The van der Waals surface area contributed by atoms with Gasteiger partial charge in [-0.15, -0.1) is 0 Å². The van der Waals surface area contributed by atoms with Gasteiger partial charge >= 0.3 is 0 Å². The van der Waals surface area contributed by atoms with Gasteiger partial charge in [0.2, 0.25) is 0 Å². The molecular formula is C12H16BrN. The summed E-state index contributed by atoms with van der Waals surface area (Å²) >= 11 is 3.38. The van der Waals surface area contributed by atoms with Gasteiger partial charge in [-0.25, -0.2) is 0 Å². The van der Waals surface area contributed by atoms with Crippen molar-refractivity contribution in [2.24, 2.45) is 4.99 Å². The lowest BCUT2D eigenvalue weighted by atomic mass is 10.1. The molecule has 14 heavy (non-hydrogen) atoms. The summed E-state index contributed by atoms with van der Waals surface area (Å²) in [6, 6.07) is 8.56. The van der Waals surface area contributed by atoms with Crippen LogP contribution in [0.2, 0.25) is 0 Å². The van der Waals surface area contributed by atoms with E-state index in [2.05, 4.69) is 52.1 Å². The second-order valence-corrected chi connectivity index (χ2v) is 3.97. The van der Waals surface area contributed by atoms with E-state index in [4.69, 9.17) is 0 Å². The summed E-state index contributed by atoms with van der Waals surface area (Å²) in [7, 11) is 0. The molecule has 0 heterocycles. The molecule has 0 bridgehead atoms. The Morgan fingerprint density at radius 2 is 2.00 bits per heavy atom. The molecular weight excluding hydrogens is 238 g/mol. The van der Waals surface area contributed by atoms with Crippen molar-refractivity contribution in [3.8, 4) is 0 Å². The second-order valence-electron chi connectivity index (χ2n) is 3.17. The fraction of sp³-hybridized carbons (Fsp3) is 0.417. The Morgan fingerprint density at radius 3 is 2.57 bits per heavy atom. The SMILES string of the molecule is CCc1ccc(C=NCCCBr)cc1. The van der Waals surface area contributed by atoms with Gasteiger partial charge < -0.3 is 0 Å². The molecule has 0 N–H and O–H groups in total. The van der Waals surface area contributed by atoms with Crippen molar-refractivity contribution in [1.29, 1.82) is 0 Å². The van der Waals surface area contributed by atoms with Gasteiger partial charge in [-0.05, 0) is 24.0 Å². The zero-order chi connectivity index (χ0) is 10.2. The van der Waals surface area contributed by atoms with Crippen molar-refractivity contribution in [2.75, 3.05) is 11.9 Å². The standard InChI is InChI=1S/C12H16BrN/c1-2-11-4-6-12(7-5-11)10-14-9-3-8-13/h4-7,10H,2-3,8-9H2,1H3.